The van der Waals surface area contributed by atoms with E-state index in [-0.39, 0.29) is 23.3 Å². The van der Waals surface area contributed by atoms with Crippen LogP contribution < -0.4 is 16.0 Å². The third kappa shape index (κ3) is 5.18. The van der Waals surface area contributed by atoms with E-state index in [1.807, 2.05) is 6.92 Å². The Labute approximate surface area is 183 Å². The van der Waals surface area contributed by atoms with Gasteiger partial charge in [-0.15, -0.1) is 0 Å². The van der Waals surface area contributed by atoms with Gasteiger partial charge in [-0.2, -0.15) is 10.5 Å². The smallest absolute Gasteiger partial charge is 0.319 e. The van der Waals surface area contributed by atoms with Crippen LogP contribution in [-0.2, 0) is 4.74 Å². The first-order valence-corrected chi connectivity index (χ1v) is 11.1. The molecule has 0 aromatic heterocycles. The van der Waals surface area contributed by atoms with Crippen molar-refractivity contribution >= 4 is 17.4 Å². The molecule has 0 radical (unpaired) electrons. The van der Waals surface area contributed by atoms with E-state index >= 15 is 0 Å². The predicted octanol–water partition coefficient (Wildman–Crippen LogP) is 4.52. The first-order chi connectivity index (χ1) is 15.0. The van der Waals surface area contributed by atoms with Gasteiger partial charge in [-0.05, 0) is 81.4 Å². The number of allylic oxidation sites excluding steroid dienone is 1. The minimum atomic E-state index is -0.289. The topological polar surface area (TPSA) is 110 Å². The molecule has 2 amide bonds. The molecule has 3 N–H and O–H groups in total. The molecule has 7 nitrogen and oxygen atoms in total. The van der Waals surface area contributed by atoms with Crippen LogP contribution in [-0.4, -0.2) is 24.3 Å². The fourth-order valence-electron chi connectivity index (χ4n) is 5.99. The second kappa shape index (κ2) is 8.99. The van der Waals surface area contributed by atoms with Crippen LogP contribution >= 0.6 is 0 Å². The number of carbonyl (C=O) groups excluding carboxylic acids is 1. The van der Waals surface area contributed by atoms with Crippen molar-refractivity contribution in [2.75, 3.05) is 17.2 Å². The van der Waals surface area contributed by atoms with Crippen LogP contribution in [0.3, 0.4) is 0 Å². The molecular formula is C24H29N5O2. The molecule has 162 valence electrons. The zero-order chi connectivity index (χ0) is 21.8. The molecule has 4 fully saturated rings. The number of ether oxygens (including phenoxy) is 1. The summed E-state index contributed by atoms with van der Waals surface area (Å²) in [4.78, 5) is 12.4. The van der Waals surface area contributed by atoms with Crippen molar-refractivity contribution in [3.63, 3.8) is 0 Å². The van der Waals surface area contributed by atoms with Gasteiger partial charge in [0.1, 0.15) is 17.7 Å². The number of nitriles is 2. The summed E-state index contributed by atoms with van der Waals surface area (Å²) in [6.07, 6.45) is 9.01. The molecule has 0 aliphatic heterocycles. The molecule has 4 aliphatic carbocycles. The summed E-state index contributed by atoms with van der Waals surface area (Å²) in [5, 5.41) is 26.2. The van der Waals surface area contributed by atoms with Gasteiger partial charge in [0.2, 0.25) is 0 Å². The molecule has 1 aromatic rings. The van der Waals surface area contributed by atoms with E-state index < -0.39 is 0 Å². The lowest BCUT2D eigenvalue weighted by Crippen LogP contribution is -2.54. The molecule has 4 aliphatic rings. The first kappa shape index (κ1) is 21.2. The van der Waals surface area contributed by atoms with E-state index in [1.54, 1.807) is 36.4 Å². The number of urea groups is 1. The van der Waals surface area contributed by atoms with E-state index in [2.05, 4.69) is 16.0 Å². The van der Waals surface area contributed by atoms with Crippen LogP contribution in [0.2, 0.25) is 0 Å². The highest BCUT2D eigenvalue weighted by Crippen LogP contribution is 2.57. The van der Waals surface area contributed by atoms with Gasteiger partial charge in [0, 0.05) is 24.1 Å². The number of carbonyl (C=O) groups is 1. The average molecular weight is 420 g/mol. The van der Waals surface area contributed by atoms with Crippen LogP contribution in [0, 0.1) is 40.4 Å². The fraction of sp³-hybridized carbons (Fsp3) is 0.542. The molecule has 1 atom stereocenters. The lowest BCUT2D eigenvalue weighted by Gasteiger charge is -2.57. The summed E-state index contributed by atoms with van der Waals surface area (Å²) >= 11 is 0. The Bertz CT molecular complexity index is 891. The van der Waals surface area contributed by atoms with Crippen LogP contribution in [0.1, 0.15) is 45.4 Å². The summed E-state index contributed by atoms with van der Waals surface area (Å²) in [5.74, 6) is 2.51. The third-order valence-corrected chi connectivity index (χ3v) is 6.73. The van der Waals surface area contributed by atoms with Gasteiger partial charge in [-0.25, -0.2) is 4.79 Å². The maximum absolute atomic E-state index is 12.4. The van der Waals surface area contributed by atoms with Crippen LogP contribution in [0.15, 0.2) is 36.0 Å². The van der Waals surface area contributed by atoms with Gasteiger partial charge in [0.05, 0.1) is 11.7 Å². The van der Waals surface area contributed by atoms with Crippen molar-refractivity contribution in [2.24, 2.45) is 17.8 Å². The minimum absolute atomic E-state index is 0.0240. The quantitative estimate of drug-likeness (QED) is 0.563. The first-order valence-electron chi connectivity index (χ1n) is 11.1. The molecule has 31 heavy (non-hydrogen) atoms. The lowest BCUT2D eigenvalue weighted by molar-refractivity contribution is -0.182. The predicted molar refractivity (Wildman–Crippen MR) is 118 cm³/mol. The maximum atomic E-state index is 12.4. The molecule has 0 saturated heterocycles. The minimum Gasteiger partial charge on any atom is -0.370 e. The van der Waals surface area contributed by atoms with Gasteiger partial charge in [0.25, 0.3) is 0 Å². The molecule has 7 heteroatoms. The summed E-state index contributed by atoms with van der Waals surface area (Å²) in [6, 6.07) is 10.4. The van der Waals surface area contributed by atoms with E-state index in [9.17, 15) is 4.79 Å². The summed E-state index contributed by atoms with van der Waals surface area (Å²) < 4.78 is 6.53. The third-order valence-electron chi connectivity index (χ3n) is 6.73. The van der Waals surface area contributed by atoms with Crippen LogP contribution in [0.5, 0.6) is 0 Å². The number of nitrogens with zero attached hydrogens (tertiary/aromatic N) is 2. The standard InChI is InChI=1S/C24H29N5O2/c1-16(31-24-9-17-5-18(10-24)7-19(6-17)11-24)14-28-23(30)29-22-4-2-3-21(8-22)27-15-20(12-25)13-26/h2-4,8,15-19,27H,5-7,9-11,14H2,1H3,(H2,28,29,30). The Hall–Kier alpha value is -3.03. The van der Waals surface area contributed by atoms with Gasteiger partial charge < -0.3 is 20.7 Å². The number of amides is 2. The van der Waals surface area contributed by atoms with Crippen LogP contribution in [0.4, 0.5) is 16.2 Å². The van der Waals surface area contributed by atoms with Crippen molar-refractivity contribution < 1.29 is 9.53 Å². The fourth-order valence-corrected chi connectivity index (χ4v) is 5.99. The molecule has 5 rings (SSSR count). The SMILES string of the molecule is CC(CNC(=O)Nc1cccc(NC=C(C#N)C#N)c1)OC12CC3CC(CC(C3)C1)C2. The zero-order valence-electron chi connectivity index (χ0n) is 17.9. The number of benzene rings is 1. The molecule has 0 heterocycles. The normalized spacial score (nSPS) is 28.7. The molecule has 4 saturated carbocycles. The lowest BCUT2D eigenvalue weighted by atomic mass is 9.54. The Morgan fingerprint density at radius 3 is 2.39 bits per heavy atom. The highest BCUT2D eigenvalue weighted by Gasteiger charge is 2.52. The number of hydrogen-bond acceptors (Lipinski definition) is 5. The average Bonchev–Trinajstić information content (AvgIpc) is 2.72. The van der Waals surface area contributed by atoms with Crippen molar-refractivity contribution in [1.82, 2.24) is 5.32 Å². The van der Waals surface area contributed by atoms with E-state index in [0.717, 1.165) is 17.8 Å². The Kier molecular flexibility index (Phi) is 6.15. The summed E-state index contributed by atoms with van der Waals surface area (Å²) in [6.45, 7) is 2.50. The second-order valence-corrected chi connectivity index (χ2v) is 9.37. The number of rotatable bonds is 7. The Morgan fingerprint density at radius 2 is 1.77 bits per heavy atom. The second-order valence-electron chi connectivity index (χ2n) is 9.37. The van der Waals surface area contributed by atoms with Crippen molar-refractivity contribution in [3.05, 3.63) is 36.0 Å². The van der Waals surface area contributed by atoms with E-state index in [0.29, 0.717) is 17.9 Å². The van der Waals surface area contributed by atoms with Crippen molar-refractivity contribution in [3.8, 4) is 12.1 Å². The van der Waals surface area contributed by atoms with Crippen molar-refractivity contribution in [2.45, 2.75) is 57.2 Å². The monoisotopic (exact) mass is 419 g/mol. The molecule has 1 unspecified atom stereocenters. The zero-order valence-corrected chi connectivity index (χ0v) is 17.9. The van der Waals surface area contributed by atoms with Gasteiger partial charge in [-0.3, -0.25) is 0 Å². The Balaban J connectivity index is 1.25. The highest BCUT2D eigenvalue weighted by atomic mass is 16.5. The van der Waals surface area contributed by atoms with Gasteiger partial charge >= 0.3 is 6.03 Å². The highest BCUT2D eigenvalue weighted by molar-refractivity contribution is 5.89. The van der Waals surface area contributed by atoms with Gasteiger partial charge in [-0.1, -0.05) is 6.07 Å². The van der Waals surface area contributed by atoms with Crippen molar-refractivity contribution in [1.29, 1.82) is 10.5 Å². The molecule has 4 bridgehead atoms. The van der Waals surface area contributed by atoms with E-state index in [1.165, 1.54) is 44.7 Å². The van der Waals surface area contributed by atoms with Crippen LogP contribution in [0.25, 0.3) is 0 Å². The summed E-state index contributed by atoms with van der Waals surface area (Å²) in [7, 11) is 0. The number of nitrogens with one attached hydrogen (secondary N) is 3. The number of hydrogen-bond donors (Lipinski definition) is 3. The van der Waals surface area contributed by atoms with E-state index in [4.69, 9.17) is 15.3 Å². The Morgan fingerprint density at radius 1 is 1.16 bits per heavy atom. The molecule has 0 spiro atoms. The maximum Gasteiger partial charge on any atom is 0.319 e. The number of anilines is 2. The summed E-state index contributed by atoms with van der Waals surface area (Å²) in [5.41, 5.74) is 1.29. The van der Waals surface area contributed by atoms with Gasteiger partial charge in [0.15, 0.2) is 0 Å². The molecule has 1 aromatic carbocycles. The molecular weight excluding hydrogens is 390 g/mol. The largest absolute Gasteiger partial charge is 0.370 e.